The largest absolute Gasteiger partial charge is 0.361 e. The Hall–Kier alpha value is -1.94. The van der Waals surface area contributed by atoms with Crippen molar-refractivity contribution in [2.75, 3.05) is 0 Å². The van der Waals surface area contributed by atoms with Crippen molar-refractivity contribution < 1.29 is 0 Å². The number of nitrogens with one attached hydrogen (secondary N) is 1. The van der Waals surface area contributed by atoms with Crippen LogP contribution in [0, 0.1) is 6.92 Å². The van der Waals surface area contributed by atoms with Crippen LogP contribution in [0.25, 0.3) is 17.0 Å². The molecule has 0 bridgehead atoms. The minimum atomic E-state index is 0.752. The van der Waals surface area contributed by atoms with Crippen molar-refractivity contribution in [1.29, 1.82) is 0 Å². The molecule has 140 valence electrons. The van der Waals surface area contributed by atoms with Crippen LogP contribution in [0.5, 0.6) is 0 Å². The quantitative estimate of drug-likeness (QED) is 0.291. The molecule has 4 aromatic rings. The second-order valence-electron chi connectivity index (χ2n) is 6.76. The summed E-state index contributed by atoms with van der Waals surface area (Å²) in [6.45, 7) is 2.11. The second-order valence-corrected chi connectivity index (χ2v) is 9.31. The third kappa shape index (κ3) is 4.72. The topological polar surface area (TPSA) is 15.8 Å². The maximum absolute atomic E-state index is 6.23. The Morgan fingerprint density at radius 1 is 1.04 bits per heavy atom. The molecule has 0 aliphatic heterocycles. The molecule has 4 rings (SSSR count). The lowest BCUT2D eigenvalue weighted by atomic mass is 10.1. The molecular formula is C24H19BrClNS. The van der Waals surface area contributed by atoms with Gasteiger partial charge in [0.2, 0.25) is 0 Å². The lowest BCUT2D eigenvalue weighted by Crippen LogP contribution is -1.88. The highest BCUT2D eigenvalue weighted by Crippen LogP contribution is 2.33. The van der Waals surface area contributed by atoms with Crippen molar-refractivity contribution in [2.24, 2.45) is 0 Å². The third-order valence-corrected chi connectivity index (χ3v) is 6.35. The minimum Gasteiger partial charge on any atom is -0.361 e. The number of aryl methyl sites for hydroxylation is 1. The van der Waals surface area contributed by atoms with E-state index in [-0.39, 0.29) is 0 Å². The molecule has 0 radical (unpaired) electrons. The standard InChI is InChI=1S/C24H19BrClNS/c1-16-2-9-21(10-3-16)28-22(12-17-4-6-19(25)7-5-17)13-18-15-27-24-11-8-20(26)14-23(18)24/h2-11,13-15,27H,12H2,1H3/b22-13+. The fourth-order valence-corrected chi connectivity index (χ4v) is 4.52. The molecular weight excluding hydrogens is 450 g/mol. The van der Waals surface area contributed by atoms with Gasteiger partial charge in [-0.15, -0.1) is 0 Å². The van der Waals surface area contributed by atoms with Crippen LogP contribution in [0.3, 0.4) is 0 Å². The summed E-state index contributed by atoms with van der Waals surface area (Å²) in [4.78, 5) is 5.87. The fourth-order valence-electron chi connectivity index (χ4n) is 3.08. The molecule has 1 nitrogen and oxygen atoms in total. The normalized spacial score (nSPS) is 11.9. The number of allylic oxidation sites excluding steroid dienone is 1. The zero-order valence-corrected chi connectivity index (χ0v) is 18.5. The molecule has 0 spiro atoms. The van der Waals surface area contributed by atoms with Crippen molar-refractivity contribution >= 4 is 56.3 Å². The Kier molecular flexibility index (Phi) is 5.96. The van der Waals surface area contributed by atoms with Crippen molar-refractivity contribution in [3.05, 3.63) is 104 Å². The molecule has 1 heterocycles. The number of halogens is 2. The van der Waals surface area contributed by atoms with E-state index in [4.69, 9.17) is 11.6 Å². The Bertz CT molecular complexity index is 1080. The average molecular weight is 469 g/mol. The van der Waals surface area contributed by atoms with Gasteiger partial charge in [0.1, 0.15) is 0 Å². The molecule has 0 atom stereocenters. The molecule has 0 saturated carbocycles. The summed E-state index contributed by atoms with van der Waals surface area (Å²) in [5, 5.41) is 1.90. The number of hydrogen-bond acceptors (Lipinski definition) is 1. The van der Waals surface area contributed by atoms with Gasteiger partial charge in [-0.05, 0) is 65.9 Å². The fraction of sp³-hybridized carbons (Fsp3) is 0.0833. The van der Waals surface area contributed by atoms with Crippen molar-refractivity contribution in [2.45, 2.75) is 18.2 Å². The maximum atomic E-state index is 6.23. The number of benzene rings is 3. The smallest absolute Gasteiger partial charge is 0.0461 e. The summed E-state index contributed by atoms with van der Waals surface area (Å²) in [5.74, 6) is 0. The lowest BCUT2D eigenvalue weighted by molar-refractivity contribution is 1.25. The molecule has 0 aliphatic carbocycles. The van der Waals surface area contributed by atoms with Gasteiger partial charge in [-0.1, -0.05) is 69.1 Å². The van der Waals surface area contributed by atoms with Gasteiger partial charge in [-0.25, -0.2) is 0 Å². The van der Waals surface area contributed by atoms with Crippen LogP contribution in [0.15, 0.2) is 87.2 Å². The van der Waals surface area contributed by atoms with Crippen molar-refractivity contribution in [3.8, 4) is 0 Å². The highest BCUT2D eigenvalue weighted by atomic mass is 79.9. The Morgan fingerprint density at radius 3 is 2.54 bits per heavy atom. The lowest BCUT2D eigenvalue weighted by Gasteiger charge is -2.09. The second kappa shape index (κ2) is 8.60. The molecule has 0 amide bonds. The Balaban J connectivity index is 1.71. The summed E-state index contributed by atoms with van der Waals surface area (Å²) in [6.07, 6.45) is 5.19. The molecule has 0 fully saturated rings. The first-order chi connectivity index (χ1) is 13.6. The van der Waals surface area contributed by atoms with Gasteiger partial charge in [0, 0.05) is 43.5 Å². The zero-order chi connectivity index (χ0) is 19.5. The number of hydrogen-bond donors (Lipinski definition) is 1. The predicted molar refractivity (Wildman–Crippen MR) is 126 cm³/mol. The van der Waals surface area contributed by atoms with Crippen LogP contribution in [0.1, 0.15) is 16.7 Å². The summed E-state index contributed by atoms with van der Waals surface area (Å²) >= 11 is 11.6. The van der Waals surface area contributed by atoms with E-state index < -0.39 is 0 Å². The van der Waals surface area contributed by atoms with Gasteiger partial charge in [0.15, 0.2) is 0 Å². The maximum Gasteiger partial charge on any atom is 0.0461 e. The highest BCUT2D eigenvalue weighted by Gasteiger charge is 2.08. The van der Waals surface area contributed by atoms with Crippen molar-refractivity contribution in [1.82, 2.24) is 4.98 Å². The van der Waals surface area contributed by atoms with E-state index in [1.54, 1.807) is 0 Å². The number of aromatic nitrogens is 1. The van der Waals surface area contributed by atoms with Crippen LogP contribution in [-0.2, 0) is 6.42 Å². The average Bonchev–Trinajstić information content (AvgIpc) is 3.07. The van der Waals surface area contributed by atoms with Gasteiger partial charge in [0.25, 0.3) is 0 Å². The molecule has 0 aliphatic rings. The molecule has 1 aromatic heterocycles. The summed E-state index contributed by atoms with van der Waals surface area (Å²) < 4.78 is 1.10. The summed E-state index contributed by atoms with van der Waals surface area (Å²) in [7, 11) is 0. The van der Waals surface area contributed by atoms with Crippen LogP contribution < -0.4 is 0 Å². The van der Waals surface area contributed by atoms with E-state index in [0.717, 1.165) is 32.4 Å². The van der Waals surface area contributed by atoms with E-state index in [2.05, 4.69) is 88.6 Å². The van der Waals surface area contributed by atoms with E-state index in [9.17, 15) is 0 Å². The van der Waals surface area contributed by atoms with Gasteiger partial charge < -0.3 is 4.98 Å². The van der Waals surface area contributed by atoms with E-state index in [1.807, 2.05) is 30.0 Å². The van der Waals surface area contributed by atoms with Gasteiger partial charge in [-0.3, -0.25) is 0 Å². The molecule has 0 unspecified atom stereocenters. The first kappa shape index (κ1) is 19.4. The molecule has 3 aromatic carbocycles. The van der Waals surface area contributed by atoms with Gasteiger partial charge >= 0.3 is 0 Å². The van der Waals surface area contributed by atoms with Crippen molar-refractivity contribution in [3.63, 3.8) is 0 Å². The van der Waals surface area contributed by atoms with Crippen LogP contribution in [-0.4, -0.2) is 4.98 Å². The summed E-state index contributed by atoms with van der Waals surface area (Å²) in [6, 6.07) is 23.2. The van der Waals surface area contributed by atoms with Gasteiger partial charge in [-0.2, -0.15) is 0 Å². The molecule has 28 heavy (non-hydrogen) atoms. The van der Waals surface area contributed by atoms with E-state index in [1.165, 1.54) is 20.9 Å². The van der Waals surface area contributed by atoms with Gasteiger partial charge in [0.05, 0.1) is 0 Å². The number of thioether (sulfide) groups is 1. The predicted octanol–water partition coefficient (Wildman–Crippen LogP) is 8.27. The van der Waals surface area contributed by atoms with Crippen LogP contribution in [0.2, 0.25) is 5.02 Å². The Labute approximate surface area is 183 Å². The zero-order valence-electron chi connectivity index (χ0n) is 15.4. The number of fused-ring (bicyclic) bond motifs is 1. The monoisotopic (exact) mass is 467 g/mol. The number of H-pyrrole nitrogens is 1. The van der Waals surface area contributed by atoms with Crippen LogP contribution in [0.4, 0.5) is 0 Å². The number of aromatic amines is 1. The minimum absolute atomic E-state index is 0.752. The first-order valence-electron chi connectivity index (χ1n) is 9.03. The molecule has 0 saturated heterocycles. The molecule has 1 N–H and O–H groups in total. The number of rotatable bonds is 5. The van der Waals surface area contributed by atoms with E-state index >= 15 is 0 Å². The first-order valence-corrected chi connectivity index (χ1v) is 11.0. The van der Waals surface area contributed by atoms with E-state index in [0.29, 0.717) is 0 Å². The summed E-state index contributed by atoms with van der Waals surface area (Å²) in [5.41, 5.74) is 4.81. The molecule has 4 heteroatoms. The van der Waals surface area contributed by atoms with Crippen LogP contribution >= 0.6 is 39.3 Å². The highest BCUT2D eigenvalue weighted by molar-refractivity contribution is 9.10. The SMILES string of the molecule is Cc1ccc(S/C(=C/c2c[nH]c3ccc(Cl)cc23)Cc2ccc(Br)cc2)cc1. The Morgan fingerprint density at radius 2 is 1.79 bits per heavy atom. The third-order valence-electron chi connectivity index (χ3n) is 4.55.